The lowest BCUT2D eigenvalue weighted by Crippen LogP contribution is -2.53. The molecule has 0 bridgehead atoms. The van der Waals surface area contributed by atoms with Gasteiger partial charge >= 0.3 is 6.09 Å². The summed E-state index contributed by atoms with van der Waals surface area (Å²) in [6, 6.07) is 7.21. The third-order valence-corrected chi connectivity index (χ3v) is 6.21. The number of ether oxygens (including phenoxy) is 1. The van der Waals surface area contributed by atoms with Crippen LogP contribution in [0.5, 0.6) is 0 Å². The first-order valence-corrected chi connectivity index (χ1v) is 14.4. The summed E-state index contributed by atoms with van der Waals surface area (Å²) in [4.78, 5) is 53.5. The maximum absolute atomic E-state index is 14.1. The van der Waals surface area contributed by atoms with E-state index >= 15 is 0 Å². The van der Waals surface area contributed by atoms with Crippen LogP contribution in [0, 0.1) is 0 Å². The van der Waals surface area contributed by atoms with E-state index in [4.69, 9.17) is 10.5 Å². The highest BCUT2D eigenvalue weighted by Gasteiger charge is 2.36. The van der Waals surface area contributed by atoms with Crippen LogP contribution < -0.4 is 16.4 Å². The molecule has 0 fully saturated rings. The fraction of sp³-hybridized carbons (Fsp3) is 0.667. The second-order valence-corrected chi connectivity index (χ2v) is 11.0. The molecular weight excluding hydrogens is 496 g/mol. The molecule has 4 amide bonds. The average molecular weight is 547 g/mol. The van der Waals surface area contributed by atoms with Crippen molar-refractivity contribution < 1.29 is 23.9 Å². The molecule has 9 nitrogen and oxygen atoms in total. The van der Waals surface area contributed by atoms with E-state index in [1.165, 1.54) is 0 Å². The van der Waals surface area contributed by atoms with Crippen molar-refractivity contribution in [2.75, 3.05) is 13.1 Å². The first-order chi connectivity index (χ1) is 18.5. The van der Waals surface area contributed by atoms with E-state index in [9.17, 15) is 19.2 Å². The standard InChI is InChI=1S/C30H50N4O5/c1-6-8-10-11-16-22-34(26(23-17-13-12-14-18-23)27(36)32-21-15-9-7-2)28(37)24(19-20-25(31)35)33-29(38)39-30(3,4)5/h12-14,17-18,24,26H,6-11,15-16,19-22H2,1-5H3,(H2,31,35)(H,32,36)(H,33,38). The van der Waals surface area contributed by atoms with Gasteiger partial charge in [-0.3, -0.25) is 14.4 Å². The molecule has 39 heavy (non-hydrogen) atoms. The number of carbonyl (C=O) groups is 4. The third-order valence-electron chi connectivity index (χ3n) is 6.21. The molecule has 2 unspecified atom stereocenters. The van der Waals surface area contributed by atoms with Gasteiger partial charge in [0.25, 0.3) is 0 Å². The molecule has 0 aliphatic rings. The van der Waals surface area contributed by atoms with Gasteiger partial charge in [0.2, 0.25) is 17.7 Å². The molecule has 0 aromatic heterocycles. The van der Waals surface area contributed by atoms with Crippen molar-refractivity contribution in [1.29, 1.82) is 0 Å². The summed E-state index contributed by atoms with van der Waals surface area (Å²) in [5.74, 6) is -1.31. The van der Waals surface area contributed by atoms with Crippen LogP contribution in [0.2, 0.25) is 0 Å². The molecule has 2 atom stereocenters. The molecule has 0 saturated carbocycles. The summed E-state index contributed by atoms with van der Waals surface area (Å²) in [7, 11) is 0. The molecule has 1 aromatic carbocycles. The Hall–Kier alpha value is -3.10. The number of primary amides is 1. The van der Waals surface area contributed by atoms with Crippen molar-refractivity contribution in [2.24, 2.45) is 5.73 Å². The van der Waals surface area contributed by atoms with Crippen LogP contribution in [-0.2, 0) is 19.1 Å². The number of hydrogen-bond acceptors (Lipinski definition) is 5. The number of nitrogens with two attached hydrogens (primary N) is 1. The number of amides is 4. The zero-order valence-electron chi connectivity index (χ0n) is 24.6. The van der Waals surface area contributed by atoms with E-state index in [0.29, 0.717) is 25.1 Å². The Morgan fingerprint density at radius 3 is 2.13 bits per heavy atom. The summed E-state index contributed by atoms with van der Waals surface area (Å²) >= 11 is 0. The van der Waals surface area contributed by atoms with Crippen molar-refractivity contribution in [3.05, 3.63) is 35.9 Å². The molecule has 220 valence electrons. The largest absolute Gasteiger partial charge is 0.444 e. The van der Waals surface area contributed by atoms with Gasteiger partial charge < -0.3 is 26.0 Å². The molecule has 0 radical (unpaired) electrons. The van der Waals surface area contributed by atoms with Crippen LogP contribution in [0.4, 0.5) is 4.79 Å². The van der Waals surface area contributed by atoms with E-state index in [1.54, 1.807) is 25.7 Å². The number of nitrogens with one attached hydrogen (secondary N) is 2. The molecule has 0 saturated heterocycles. The molecule has 1 rings (SSSR count). The van der Waals surface area contributed by atoms with Gasteiger partial charge in [0, 0.05) is 19.5 Å². The first-order valence-electron chi connectivity index (χ1n) is 14.4. The number of carbonyl (C=O) groups excluding carboxylic acids is 4. The number of nitrogens with zero attached hydrogens (tertiary/aromatic N) is 1. The van der Waals surface area contributed by atoms with Crippen molar-refractivity contribution in [2.45, 2.75) is 117 Å². The van der Waals surface area contributed by atoms with Crippen LogP contribution in [-0.4, -0.2) is 53.4 Å². The smallest absolute Gasteiger partial charge is 0.408 e. The van der Waals surface area contributed by atoms with Crippen LogP contribution in [0.3, 0.4) is 0 Å². The van der Waals surface area contributed by atoms with E-state index in [1.807, 2.05) is 30.3 Å². The van der Waals surface area contributed by atoms with E-state index in [2.05, 4.69) is 24.5 Å². The Morgan fingerprint density at radius 1 is 0.923 bits per heavy atom. The van der Waals surface area contributed by atoms with Gasteiger partial charge in [-0.25, -0.2) is 4.79 Å². The zero-order valence-corrected chi connectivity index (χ0v) is 24.6. The predicted molar refractivity (Wildman–Crippen MR) is 154 cm³/mol. The third kappa shape index (κ3) is 14.0. The van der Waals surface area contributed by atoms with Gasteiger partial charge in [-0.15, -0.1) is 0 Å². The molecule has 1 aromatic rings. The van der Waals surface area contributed by atoms with Gasteiger partial charge in [0.05, 0.1) is 0 Å². The van der Waals surface area contributed by atoms with Crippen LogP contribution in [0.15, 0.2) is 30.3 Å². The zero-order chi connectivity index (χ0) is 29.3. The quantitative estimate of drug-likeness (QED) is 0.223. The van der Waals surface area contributed by atoms with Gasteiger partial charge in [0.1, 0.15) is 17.7 Å². The predicted octanol–water partition coefficient (Wildman–Crippen LogP) is 4.99. The molecule has 0 aliphatic carbocycles. The molecule has 0 aliphatic heterocycles. The van der Waals surface area contributed by atoms with E-state index < -0.39 is 35.6 Å². The SMILES string of the molecule is CCCCCCCN(C(=O)C(CCC(N)=O)NC(=O)OC(C)(C)C)C(C(=O)NCCCCC)c1ccccc1. The van der Waals surface area contributed by atoms with Crippen molar-refractivity contribution in [1.82, 2.24) is 15.5 Å². The van der Waals surface area contributed by atoms with E-state index in [-0.39, 0.29) is 18.7 Å². The lowest BCUT2D eigenvalue weighted by molar-refractivity contribution is -0.142. The maximum Gasteiger partial charge on any atom is 0.408 e. The van der Waals surface area contributed by atoms with Crippen molar-refractivity contribution >= 4 is 23.8 Å². The Morgan fingerprint density at radius 2 is 1.54 bits per heavy atom. The first kappa shape index (κ1) is 33.9. The van der Waals surface area contributed by atoms with Gasteiger partial charge in [-0.1, -0.05) is 82.7 Å². The normalized spacial score (nSPS) is 12.7. The molecule has 9 heteroatoms. The number of benzene rings is 1. The summed E-state index contributed by atoms with van der Waals surface area (Å²) in [6.45, 7) is 10.2. The average Bonchev–Trinajstić information content (AvgIpc) is 2.87. The number of rotatable bonds is 18. The van der Waals surface area contributed by atoms with Gasteiger partial charge in [-0.2, -0.15) is 0 Å². The Bertz CT molecular complexity index is 885. The highest BCUT2D eigenvalue weighted by molar-refractivity contribution is 5.92. The van der Waals surface area contributed by atoms with Gasteiger partial charge in [-0.05, 0) is 45.6 Å². The monoisotopic (exact) mass is 546 g/mol. The molecule has 4 N–H and O–H groups in total. The highest BCUT2D eigenvalue weighted by atomic mass is 16.6. The summed E-state index contributed by atoms with van der Waals surface area (Å²) in [5, 5.41) is 5.64. The minimum absolute atomic E-state index is 0.000622. The number of alkyl carbamates (subject to hydrolysis) is 1. The second-order valence-electron chi connectivity index (χ2n) is 11.0. The van der Waals surface area contributed by atoms with Crippen LogP contribution in [0.1, 0.15) is 110 Å². The fourth-order valence-electron chi connectivity index (χ4n) is 4.24. The summed E-state index contributed by atoms with van der Waals surface area (Å²) in [6.07, 6.45) is 6.80. The van der Waals surface area contributed by atoms with Crippen LogP contribution in [0.25, 0.3) is 0 Å². The number of hydrogen-bond donors (Lipinski definition) is 3. The highest BCUT2D eigenvalue weighted by Crippen LogP contribution is 2.24. The maximum atomic E-state index is 14.1. The molecule has 0 heterocycles. The molecule has 0 spiro atoms. The lowest BCUT2D eigenvalue weighted by Gasteiger charge is -2.34. The lowest BCUT2D eigenvalue weighted by atomic mass is 10.0. The second kappa shape index (κ2) is 18.2. The number of unbranched alkanes of at least 4 members (excludes halogenated alkanes) is 6. The van der Waals surface area contributed by atoms with E-state index in [0.717, 1.165) is 44.9 Å². The van der Waals surface area contributed by atoms with Crippen molar-refractivity contribution in [3.63, 3.8) is 0 Å². The Balaban J connectivity index is 3.37. The van der Waals surface area contributed by atoms with Gasteiger partial charge in [0.15, 0.2) is 0 Å². The fourth-order valence-corrected chi connectivity index (χ4v) is 4.24. The Kier molecular flexibility index (Phi) is 15.9. The van der Waals surface area contributed by atoms with Crippen LogP contribution >= 0.6 is 0 Å². The Labute approximate surface area is 234 Å². The van der Waals surface area contributed by atoms with Crippen molar-refractivity contribution in [3.8, 4) is 0 Å². The molecular formula is C30H50N4O5. The summed E-state index contributed by atoms with van der Waals surface area (Å²) in [5.41, 5.74) is 5.29. The summed E-state index contributed by atoms with van der Waals surface area (Å²) < 4.78 is 5.38. The minimum atomic E-state index is -1.08. The topological polar surface area (TPSA) is 131 Å². The minimum Gasteiger partial charge on any atom is -0.444 e.